The summed E-state index contributed by atoms with van der Waals surface area (Å²) >= 11 is 0. The van der Waals surface area contributed by atoms with Crippen molar-refractivity contribution in [3.05, 3.63) is 53.6 Å². The molecular weight excluding hydrogens is 394 g/mol. The van der Waals surface area contributed by atoms with E-state index in [9.17, 15) is 18.0 Å². The molecule has 1 atom stereocenters. The van der Waals surface area contributed by atoms with Crippen molar-refractivity contribution < 1.29 is 22.7 Å². The summed E-state index contributed by atoms with van der Waals surface area (Å²) < 4.78 is 30.3. The Morgan fingerprint density at radius 3 is 2.41 bits per heavy atom. The Balaban J connectivity index is 2.15. The molecule has 0 unspecified atom stereocenters. The van der Waals surface area contributed by atoms with Crippen LogP contribution in [0.3, 0.4) is 0 Å². The van der Waals surface area contributed by atoms with Gasteiger partial charge in [0.2, 0.25) is 15.9 Å². The molecule has 2 aromatic rings. The maximum absolute atomic E-state index is 12.6. The fourth-order valence-corrected chi connectivity index (χ4v) is 3.46. The molecule has 0 aromatic heterocycles. The molecule has 0 radical (unpaired) electrons. The van der Waals surface area contributed by atoms with Gasteiger partial charge in [0.25, 0.3) is 0 Å². The first-order valence-corrected chi connectivity index (χ1v) is 10.3. The van der Waals surface area contributed by atoms with Gasteiger partial charge in [0, 0.05) is 25.5 Å². The highest BCUT2D eigenvalue weighted by atomic mass is 32.2. The van der Waals surface area contributed by atoms with Crippen LogP contribution in [-0.2, 0) is 19.6 Å². The Labute approximate surface area is 170 Å². The second-order valence-corrected chi connectivity index (χ2v) is 8.84. The van der Waals surface area contributed by atoms with Crippen molar-refractivity contribution in [3.63, 3.8) is 0 Å². The van der Waals surface area contributed by atoms with Crippen LogP contribution in [0.1, 0.15) is 22.8 Å². The predicted octanol–water partition coefficient (Wildman–Crippen LogP) is 2.47. The van der Waals surface area contributed by atoms with Crippen molar-refractivity contribution in [3.8, 4) is 0 Å². The summed E-state index contributed by atoms with van der Waals surface area (Å²) in [6.07, 6.45) is 0. The van der Waals surface area contributed by atoms with Crippen LogP contribution in [0.2, 0.25) is 0 Å². The molecule has 2 N–H and O–H groups in total. The zero-order chi connectivity index (χ0) is 21.8. The molecule has 2 rings (SSSR count). The summed E-state index contributed by atoms with van der Waals surface area (Å²) in [5.74, 6) is -0.823. The Kier molecular flexibility index (Phi) is 6.99. The highest BCUT2D eigenvalue weighted by Crippen LogP contribution is 2.20. The topological polar surface area (TPSA) is 105 Å². The zero-order valence-corrected chi connectivity index (χ0v) is 17.8. The van der Waals surface area contributed by atoms with Gasteiger partial charge >= 0.3 is 5.97 Å². The lowest BCUT2D eigenvalue weighted by Crippen LogP contribution is -2.32. The van der Waals surface area contributed by atoms with Crippen LogP contribution >= 0.6 is 0 Å². The Morgan fingerprint density at radius 1 is 1.10 bits per heavy atom. The van der Waals surface area contributed by atoms with Crippen LogP contribution in [-0.4, -0.2) is 51.8 Å². The lowest BCUT2D eigenvalue weighted by atomic mass is 10.1. The maximum atomic E-state index is 12.6. The molecule has 156 valence electrons. The van der Waals surface area contributed by atoms with Crippen LogP contribution in [0.15, 0.2) is 47.4 Å². The Morgan fingerprint density at radius 2 is 1.79 bits per heavy atom. The number of methoxy groups -OCH3 is 1. The Bertz CT molecular complexity index is 1020. The molecule has 0 bridgehead atoms. The van der Waals surface area contributed by atoms with E-state index in [2.05, 4.69) is 10.6 Å². The first kappa shape index (κ1) is 22.4. The van der Waals surface area contributed by atoms with Gasteiger partial charge in [-0.25, -0.2) is 17.5 Å². The second-order valence-electron chi connectivity index (χ2n) is 6.69. The SMILES string of the molecule is COC(=O)c1ccc(C)c(N[C@@H](C)C(=O)Nc2cccc(S(=O)(=O)N(C)C)c2)c1. The highest BCUT2D eigenvalue weighted by Gasteiger charge is 2.19. The van der Waals surface area contributed by atoms with Gasteiger partial charge in [0.05, 0.1) is 17.6 Å². The molecule has 1 amide bonds. The standard InChI is InChI=1S/C20H25N3O5S/c1-13-9-10-15(20(25)28-5)11-18(13)21-14(2)19(24)22-16-7-6-8-17(12-16)29(26,27)23(3)4/h6-12,14,21H,1-5H3,(H,22,24)/t14-/m0/s1. The first-order valence-electron chi connectivity index (χ1n) is 8.85. The van der Waals surface area contributed by atoms with Crippen molar-refractivity contribution in [2.75, 3.05) is 31.8 Å². The fraction of sp³-hybridized carbons (Fsp3) is 0.300. The van der Waals surface area contributed by atoms with E-state index < -0.39 is 22.0 Å². The quantitative estimate of drug-likeness (QED) is 0.668. The van der Waals surface area contributed by atoms with Gasteiger partial charge in [-0.05, 0) is 49.7 Å². The van der Waals surface area contributed by atoms with Crippen LogP contribution < -0.4 is 10.6 Å². The van der Waals surface area contributed by atoms with Gasteiger partial charge in [0.15, 0.2) is 0 Å². The third-order valence-electron chi connectivity index (χ3n) is 4.30. The summed E-state index contributed by atoms with van der Waals surface area (Å²) in [5.41, 5.74) is 2.22. The molecule has 8 nitrogen and oxygen atoms in total. The number of amides is 1. The molecular formula is C20H25N3O5S. The van der Waals surface area contributed by atoms with Gasteiger partial charge in [0.1, 0.15) is 6.04 Å². The van der Waals surface area contributed by atoms with E-state index >= 15 is 0 Å². The third-order valence-corrected chi connectivity index (χ3v) is 6.12. The molecule has 9 heteroatoms. The summed E-state index contributed by atoms with van der Waals surface area (Å²) in [6, 6.07) is 10.4. The van der Waals surface area contributed by atoms with E-state index in [4.69, 9.17) is 4.74 Å². The highest BCUT2D eigenvalue weighted by molar-refractivity contribution is 7.89. The van der Waals surface area contributed by atoms with Gasteiger partial charge in [-0.3, -0.25) is 4.79 Å². The lowest BCUT2D eigenvalue weighted by molar-refractivity contribution is -0.116. The number of esters is 1. The van der Waals surface area contributed by atoms with Gasteiger partial charge in [-0.15, -0.1) is 0 Å². The number of rotatable bonds is 7. The first-order chi connectivity index (χ1) is 13.6. The molecule has 0 saturated carbocycles. The molecule has 0 aliphatic heterocycles. The van der Waals surface area contributed by atoms with E-state index in [1.807, 2.05) is 6.92 Å². The number of nitrogens with one attached hydrogen (secondary N) is 2. The monoisotopic (exact) mass is 419 g/mol. The molecule has 29 heavy (non-hydrogen) atoms. The molecule has 0 aliphatic carbocycles. The minimum Gasteiger partial charge on any atom is -0.465 e. The van der Waals surface area contributed by atoms with E-state index in [1.54, 1.807) is 37.3 Å². The molecule has 0 spiro atoms. The second kappa shape index (κ2) is 9.06. The van der Waals surface area contributed by atoms with Crippen molar-refractivity contribution in [1.29, 1.82) is 0 Å². The van der Waals surface area contributed by atoms with Crippen LogP contribution in [0, 0.1) is 6.92 Å². The largest absolute Gasteiger partial charge is 0.465 e. The van der Waals surface area contributed by atoms with Crippen molar-refractivity contribution in [2.24, 2.45) is 0 Å². The number of aryl methyl sites for hydroxylation is 1. The normalized spacial score (nSPS) is 12.3. The van der Waals surface area contributed by atoms with Crippen molar-refractivity contribution in [1.82, 2.24) is 4.31 Å². The van der Waals surface area contributed by atoms with E-state index in [0.717, 1.165) is 9.87 Å². The maximum Gasteiger partial charge on any atom is 0.337 e. The third kappa shape index (κ3) is 5.33. The smallest absolute Gasteiger partial charge is 0.337 e. The van der Waals surface area contributed by atoms with E-state index in [0.29, 0.717) is 16.9 Å². The van der Waals surface area contributed by atoms with Gasteiger partial charge < -0.3 is 15.4 Å². The predicted molar refractivity (Wildman–Crippen MR) is 112 cm³/mol. The number of carbonyl (C=O) groups excluding carboxylic acids is 2. The number of carbonyl (C=O) groups is 2. The summed E-state index contributed by atoms with van der Waals surface area (Å²) in [6.45, 7) is 3.52. The number of ether oxygens (including phenoxy) is 1. The summed E-state index contributed by atoms with van der Waals surface area (Å²) in [5, 5.41) is 5.77. The van der Waals surface area contributed by atoms with Crippen LogP contribution in [0.4, 0.5) is 11.4 Å². The van der Waals surface area contributed by atoms with E-state index in [1.165, 1.54) is 33.3 Å². The van der Waals surface area contributed by atoms with Gasteiger partial charge in [-0.1, -0.05) is 12.1 Å². The summed E-state index contributed by atoms with van der Waals surface area (Å²) in [7, 11) is 0.583. The molecule has 0 saturated heterocycles. The fourth-order valence-electron chi connectivity index (χ4n) is 2.52. The molecule has 0 heterocycles. The average Bonchev–Trinajstić information content (AvgIpc) is 2.68. The number of nitrogens with zero attached hydrogens (tertiary/aromatic N) is 1. The number of hydrogen-bond acceptors (Lipinski definition) is 6. The number of sulfonamides is 1. The van der Waals surface area contributed by atoms with Gasteiger partial charge in [-0.2, -0.15) is 0 Å². The van der Waals surface area contributed by atoms with E-state index in [-0.39, 0.29) is 10.8 Å². The minimum absolute atomic E-state index is 0.0857. The number of hydrogen-bond donors (Lipinski definition) is 2. The summed E-state index contributed by atoms with van der Waals surface area (Å²) in [4.78, 5) is 24.4. The molecule has 0 fully saturated rings. The van der Waals surface area contributed by atoms with Crippen LogP contribution in [0.25, 0.3) is 0 Å². The van der Waals surface area contributed by atoms with Crippen LogP contribution in [0.5, 0.6) is 0 Å². The average molecular weight is 420 g/mol. The molecule has 0 aliphatic rings. The zero-order valence-electron chi connectivity index (χ0n) is 17.0. The minimum atomic E-state index is -3.60. The van der Waals surface area contributed by atoms with Crippen molar-refractivity contribution >= 4 is 33.3 Å². The number of anilines is 2. The number of benzene rings is 2. The molecule has 2 aromatic carbocycles. The lowest BCUT2D eigenvalue weighted by Gasteiger charge is -2.18. The van der Waals surface area contributed by atoms with Crippen molar-refractivity contribution in [2.45, 2.75) is 24.8 Å². The Hall–Kier alpha value is -2.91.